The molecule has 152 valence electrons. The van der Waals surface area contributed by atoms with E-state index in [0.717, 1.165) is 0 Å². The zero-order chi connectivity index (χ0) is 20.7. The summed E-state index contributed by atoms with van der Waals surface area (Å²) in [4.78, 5) is 0. The van der Waals surface area contributed by atoms with Crippen LogP contribution in [0.3, 0.4) is 0 Å². The molecule has 0 aliphatic rings. The Balaban J connectivity index is 0. The average Bonchev–Trinajstić information content (AvgIpc) is 2.42. The van der Waals surface area contributed by atoms with E-state index in [9.17, 15) is 61.3 Å². The van der Waals surface area contributed by atoms with Crippen molar-refractivity contribution in [3.05, 3.63) is 0 Å². The van der Waals surface area contributed by atoms with Crippen LogP contribution in [0.25, 0.3) is 0 Å². The molecule has 0 heterocycles. The van der Waals surface area contributed by atoms with E-state index in [-0.39, 0.29) is 36.0 Å². The second-order valence-electron chi connectivity index (χ2n) is 4.93. The molecule has 3 nitrogen and oxygen atoms in total. The Morgan fingerprint density at radius 3 is 1.54 bits per heavy atom. The van der Waals surface area contributed by atoms with E-state index in [4.69, 9.17) is 0 Å². The predicted molar refractivity (Wildman–Crippen MR) is 58.9 cm³/mol. The molecule has 16 heteroatoms. The van der Waals surface area contributed by atoms with Crippen molar-refractivity contribution in [2.45, 2.75) is 61.3 Å². The van der Waals surface area contributed by atoms with Crippen molar-refractivity contribution < 1.29 is 90.8 Å². The number of halogens is 11. The van der Waals surface area contributed by atoms with Crippen molar-refractivity contribution in [1.29, 1.82) is 0 Å². The average molecular weight is 442 g/mol. The van der Waals surface area contributed by atoms with Crippen LogP contribution in [0.1, 0.15) is 26.2 Å². The van der Waals surface area contributed by atoms with Crippen LogP contribution in [0.2, 0.25) is 0 Å². The normalized spacial score (nSPS) is 16.2. The van der Waals surface area contributed by atoms with Crippen molar-refractivity contribution in [1.82, 2.24) is 0 Å². The Hall–Kier alpha value is 0.140. The second-order valence-corrected chi connectivity index (χ2v) is 6.35. The van der Waals surface area contributed by atoms with E-state index in [2.05, 4.69) is 0 Å². The fourth-order valence-electron chi connectivity index (χ4n) is 1.51. The largest absolute Gasteiger partial charge is 1.00 e. The van der Waals surface area contributed by atoms with Crippen LogP contribution < -0.4 is 29.6 Å². The molecule has 0 aliphatic carbocycles. The van der Waals surface area contributed by atoms with Gasteiger partial charge < -0.3 is 4.55 Å². The molecule has 0 saturated heterocycles. The van der Waals surface area contributed by atoms with Crippen molar-refractivity contribution in [3.63, 3.8) is 0 Å². The van der Waals surface area contributed by atoms with Gasteiger partial charge in [0.2, 0.25) is 0 Å². The zero-order valence-electron chi connectivity index (χ0n) is 13.0. The van der Waals surface area contributed by atoms with Gasteiger partial charge in [-0.15, -0.1) is 0 Å². The monoisotopic (exact) mass is 442 g/mol. The molecule has 0 aliphatic heterocycles. The summed E-state index contributed by atoms with van der Waals surface area (Å²) in [6, 6.07) is 0. The molecule has 1 atom stereocenters. The van der Waals surface area contributed by atoms with Gasteiger partial charge in [0.25, 0.3) is 0 Å². The van der Waals surface area contributed by atoms with Gasteiger partial charge in [-0.25, -0.2) is 12.8 Å². The molecule has 0 spiro atoms. The molecule has 0 aromatic rings. The summed E-state index contributed by atoms with van der Waals surface area (Å²) in [7, 11) is -7.67. The van der Waals surface area contributed by atoms with Gasteiger partial charge in [-0.1, -0.05) is 19.8 Å². The van der Waals surface area contributed by atoms with E-state index >= 15 is 0 Å². The number of hydrogen-bond acceptors (Lipinski definition) is 3. The maximum atomic E-state index is 13.2. The summed E-state index contributed by atoms with van der Waals surface area (Å²) >= 11 is 0. The first-order chi connectivity index (χ1) is 10.7. The molecule has 0 aromatic carbocycles. The molecule has 0 N–H and O–H groups in total. The maximum Gasteiger partial charge on any atom is 1.00 e. The quantitative estimate of drug-likeness (QED) is 0.307. The molecular weight excluding hydrogens is 432 g/mol. The van der Waals surface area contributed by atoms with Crippen LogP contribution in [0.15, 0.2) is 0 Å². The van der Waals surface area contributed by atoms with Crippen LogP contribution >= 0.6 is 0 Å². The van der Waals surface area contributed by atoms with Crippen LogP contribution in [0.4, 0.5) is 48.3 Å². The summed E-state index contributed by atoms with van der Waals surface area (Å²) in [6.07, 6.45) is -6.31. The molecule has 0 radical (unpaired) electrons. The van der Waals surface area contributed by atoms with Gasteiger partial charge in [0.1, 0.15) is 0 Å². The molecular formula is C10H10F11NaO3S. The van der Waals surface area contributed by atoms with E-state index in [1.165, 1.54) is 6.92 Å². The summed E-state index contributed by atoms with van der Waals surface area (Å²) < 4.78 is 174. The third kappa shape index (κ3) is 4.25. The second kappa shape index (κ2) is 8.25. The number of rotatable bonds is 9. The smallest absolute Gasteiger partial charge is 0.743 e. The van der Waals surface area contributed by atoms with Crippen LogP contribution in [-0.2, 0) is 10.1 Å². The van der Waals surface area contributed by atoms with Gasteiger partial charge in [-0.2, -0.15) is 43.9 Å². The first kappa shape index (κ1) is 28.4. The number of alkyl halides is 11. The number of hydrogen-bond donors (Lipinski definition) is 0. The first-order valence-electron chi connectivity index (χ1n) is 6.22. The van der Waals surface area contributed by atoms with Gasteiger partial charge in [0.05, 0.1) is 0 Å². The van der Waals surface area contributed by atoms with Gasteiger partial charge >= 0.3 is 58.5 Å². The van der Waals surface area contributed by atoms with E-state index in [1.807, 2.05) is 0 Å². The molecule has 0 amide bonds. The Bertz CT molecular complexity index is 579. The maximum absolute atomic E-state index is 13.2. The van der Waals surface area contributed by atoms with Crippen molar-refractivity contribution >= 4 is 10.1 Å². The zero-order valence-corrected chi connectivity index (χ0v) is 15.8. The van der Waals surface area contributed by atoms with E-state index in [1.54, 1.807) is 0 Å². The number of unbranched alkanes of at least 4 members (excludes halogenated alkanes) is 1. The van der Waals surface area contributed by atoms with Gasteiger partial charge in [-0.3, -0.25) is 0 Å². The molecule has 0 fully saturated rings. The molecule has 0 aromatic heterocycles. The summed E-state index contributed by atoms with van der Waals surface area (Å²) in [6.45, 7) is 1.24. The Morgan fingerprint density at radius 1 is 0.846 bits per heavy atom. The van der Waals surface area contributed by atoms with Crippen molar-refractivity contribution in [3.8, 4) is 0 Å². The van der Waals surface area contributed by atoms with E-state index in [0.29, 0.717) is 0 Å². The van der Waals surface area contributed by atoms with Crippen molar-refractivity contribution in [2.75, 3.05) is 0 Å². The Kier molecular flexibility index (Phi) is 9.00. The molecule has 0 rings (SSSR count). The summed E-state index contributed by atoms with van der Waals surface area (Å²) in [5.41, 5.74) is 0. The molecule has 0 bridgehead atoms. The fraction of sp³-hybridized carbons (Fsp3) is 1.00. The Morgan fingerprint density at radius 2 is 1.23 bits per heavy atom. The fourth-order valence-corrected chi connectivity index (χ4v) is 1.95. The minimum atomic E-state index is -7.79. The minimum absolute atomic E-state index is 0. The predicted octanol–water partition coefficient (Wildman–Crippen LogP) is 1.20. The third-order valence-electron chi connectivity index (χ3n) is 3.09. The van der Waals surface area contributed by atoms with Crippen LogP contribution in [0.5, 0.6) is 0 Å². The SMILES string of the molecule is CCCCC(F)C(F)(F)C(F)(F)C(F)(F)C(F)(F)C(F)(F)S(=O)(=O)[O-].[Na+]. The Labute approximate surface area is 162 Å². The summed E-state index contributed by atoms with van der Waals surface area (Å²) in [5, 5.41) is -7.38. The molecule has 26 heavy (non-hydrogen) atoms. The van der Waals surface area contributed by atoms with Crippen LogP contribution in [0, 0.1) is 0 Å². The topological polar surface area (TPSA) is 57.2 Å². The first-order valence-corrected chi connectivity index (χ1v) is 7.62. The van der Waals surface area contributed by atoms with Crippen LogP contribution in [-0.4, -0.2) is 48.1 Å². The standard InChI is InChI=1S/C10H11F11O3S.Na/c1-2-3-4-5(11)6(12,13)7(14,15)8(16,17)9(18,19)10(20,21)25(22,23)24;/h5H,2-4H2,1H3,(H,22,23,24);/q;+1/p-1. The minimum Gasteiger partial charge on any atom is -0.743 e. The van der Waals surface area contributed by atoms with Gasteiger partial charge in [0, 0.05) is 0 Å². The molecule has 0 saturated carbocycles. The van der Waals surface area contributed by atoms with Gasteiger partial charge in [-0.05, 0) is 6.42 Å². The molecule has 1 unspecified atom stereocenters. The van der Waals surface area contributed by atoms with Gasteiger partial charge in [0.15, 0.2) is 16.3 Å². The van der Waals surface area contributed by atoms with Crippen molar-refractivity contribution in [2.24, 2.45) is 0 Å². The summed E-state index contributed by atoms with van der Waals surface area (Å²) in [5.74, 6) is -29.6. The third-order valence-corrected chi connectivity index (χ3v) is 3.98. The van der Waals surface area contributed by atoms with E-state index < -0.39 is 58.1 Å².